The van der Waals surface area contributed by atoms with Crippen molar-refractivity contribution in [2.75, 3.05) is 25.5 Å². The number of benzene rings is 1. The summed E-state index contributed by atoms with van der Waals surface area (Å²) in [7, 11) is 1.93. The maximum absolute atomic E-state index is 11.8. The van der Waals surface area contributed by atoms with Gasteiger partial charge in [0.15, 0.2) is 5.78 Å². The van der Waals surface area contributed by atoms with Crippen LogP contribution in [0, 0.1) is 0 Å². The molecule has 4 nitrogen and oxygen atoms in total. The number of nitrogens with one attached hydrogen (secondary N) is 1. The molecule has 0 bridgehead atoms. The summed E-state index contributed by atoms with van der Waals surface area (Å²) < 4.78 is 0. The molecule has 1 aromatic rings. The van der Waals surface area contributed by atoms with Gasteiger partial charge in [-0.15, -0.1) is 0 Å². The molecule has 0 heterocycles. The predicted octanol–water partition coefficient (Wildman–Crippen LogP) is 2.56. The Morgan fingerprint density at radius 1 is 1.32 bits per heavy atom. The monoisotopic (exact) mass is 262 g/mol. The number of likely N-dealkylation sites (N-methyl/N-ethyl adjacent to an activating group) is 1. The van der Waals surface area contributed by atoms with Gasteiger partial charge in [-0.3, -0.25) is 14.5 Å². The lowest BCUT2D eigenvalue weighted by atomic mass is 10.1. The summed E-state index contributed by atoms with van der Waals surface area (Å²) in [5, 5.41) is 2.81. The average Bonchev–Trinajstić information content (AvgIpc) is 2.36. The van der Waals surface area contributed by atoms with Crippen LogP contribution in [0.25, 0.3) is 0 Å². The summed E-state index contributed by atoms with van der Waals surface area (Å²) in [5.74, 6) is -0.0598. The Balaban J connectivity index is 2.52. The maximum atomic E-state index is 11.8. The smallest absolute Gasteiger partial charge is 0.238 e. The Morgan fingerprint density at radius 3 is 2.68 bits per heavy atom. The molecule has 0 aromatic heterocycles. The minimum atomic E-state index is -0.0562. The second-order valence-corrected chi connectivity index (χ2v) is 4.78. The first-order chi connectivity index (χ1) is 9.02. The number of rotatable bonds is 7. The Hall–Kier alpha value is -1.68. The lowest BCUT2D eigenvalue weighted by Gasteiger charge is -2.15. The van der Waals surface area contributed by atoms with E-state index in [4.69, 9.17) is 0 Å². The fourth-order valence-electron chi connectivity index (χ4n) is 1.77. The van der Waals surface area contributed by atoms with Crippen molar-refractivity contribution in [1.82, 2.24) is 4.90 Å². The second-order valence-electron chi connectivity index (χ2n) is 4.78. The molecule has 1 rings (SSSR count). The van der Waals surface area contributed by atoms with Crippen LogP contribution in [0.4, 0.5) is 5.69 Å². The molecule has 104 valence electrons. The number of unbranched alkanes of at least 4 members (excludes halogenated alkanes) is 1. The van der Waals surface area contributed by atoms with Crippen molar-refractivity contribution in [1.29, 1.82) is 0 Å². The number of anilines is 1. The number of nitrogens with zero attached hydrogens (tertiary/aromatic N) is 1. The molecule has 0 saturated heterocycles. The third kappa shape index (κ3) is 5.66. The van der Waals surface area contributed by atoms with E-state index < -0.39 is 0 Å². The summed E-state index contributed by atoms with van der Waals surface area (Å²) >= 11 is 0. The highest BCUT2D eigenvalue weighted by Crippen LogP contribution is 2.11. The Morgan fingerprint density at radius 2 is 2.05 bits per heavy atom. The molecule has 0 aliphatic carbocycles. The number of hydrogen-bond donors (Lipinski definition) is 1. The number of amides is 1. The summed E-state index contributed by atoms with van der Waals surface area (Å²) in [4.78, 5) is 25.1. The van der Waals surface area contributed by atoms with Crippen LogP contribution in [-0.4, -0.2) is 36.7 Å². The van der Waals surface area contributed by atoms with Crippen molar-refractivity contribution in [3.63, 3.8) is 0 Å². The molecule has 0 saturated carbocycles. The van der Waals surface area contributed by atoms with E-state index >= 15 is 0 Å². The van der Waals surface area contributed by atoms with E-state index in [1.54, 1.807) is 24.3 Å². The van der Waals surface area contributed by atoms with Gasteiger partial charge in [0, 0.05) is 11.3 Å². The topological polar surface area (TPSA) is 49.4 Å². The van der Waals surface area contributed by atoms with Crippen LogP contribution in [0.3, 0.4) is 0 Å². The van der Waals surface area contributed by atoms with E-state index in [1.165, 1.54) is 6.92 Å². The Labute approximate surface area is 114 Å². The molecular weight excluding hydrogens is 240 g/mol. The van der Waals surface area contributed by atoms with Crippen molar-refractivity contribution in [2.45, 2.75) is 26.7 Å². The highest BCUT2D eigenvalue weighted by atomic mass is 16.2. The molecule has 0 unspecified atom stereocenters. The number of hydrogen-bond acceptors (Lipinski definition) is 3. The van der Waals surface area contributed by atoms with E-state index in [0.717, 1.165) is 19.4 Å². The second kappa shape index (κ2) is 7.69. The van der Waals surface area contributed by atoms with E-state index in [-0.39, 0.29) is 11.7 Å². The zero-order valence-corrected chi connectivity index (χ0v) is 11.9. The van der Waals surface area contributed by atoms with Gasteiger partial charge >= 0.3 is 0 Å². The zero-order chi connectivity index (χ0) is 14.3. The fourth-order valence-corrected chi connectivity index (χ4v) is 1.77. The SMILES string of the molecule is CCCCN(C)CC(=O)Nc1cccc(C(C)=O)c1. The van der Waals surface area contributed by atoms with Gasteiger partial charge in [-0.25, -0.2) is 0 Å². The lowest BCUT2D eigenvalue weighted by Crippen LogP contribution is -2.30. The summed E-state index contributed by atoms with van der Waals surface area (Å²) in [5.41, 5.74) is 1.28. The molecule has 1 aromatic carbocycles. The number of carbonyl (C=O) groups excluding carboxylic acids is 2. The number of Topliss-reactive ketones (excluding diaryl/α,β-unsaturated/α-hetero) is 1. The third-order valence-electron chi connectivity index (χ3n) is 2.86. The van der Waals surface area contributed by atoms with Gasteiger partial charge in [-0.2, -0.15) is 0 Å². The van der Waals surface area contributed by atoms with Crippen LogP contribution < -0.4 is 5.32 Å². The Kier molecular flexibility index (Phi) is 6.22. The molecule has 0 aliphatic rings. The number of ketones is 1. The third-order valence-corrected chi connectivity index (χ3v) is 2.86. The van der Waals surface area contributed by atoms with Crippen LogP contribution in [-0.2, 0) is 4.79 Å². The summed E-state index contributed by atoms with van der Waals surface area (Å²) in [6.45, 7) is 4.92. The van der Waals surface area contributed by atoms with Gasteiger partial charge < -0.3 is 5.32 Å². The van der Waals surface area contributed by atoms with E-state index in [9.17, 15) is 9.59 Å². The van der Waals surface area contributed by atoms with Gasteiger partial charge in [0.25, 0.3) is 0 Å². The summed E-state index contributed by atoms with van der Waals surface area (Å²) in [6, 6.07) is 7.00. The quantitative estimate of drug-likeness (QED) is 0.768. The van der Waals surface area contributed by atoms with E-state index in [2.05, 4.69) is 12.2 Å². The zero-order valence-electron chi connectivity index (χ0n) is 11.9. The molecule has 1 amide bonds. The van der Waals surface area contributed by atoms with E-state index in [0.29, 0.717) is 17.8 Å². The minimum absolute atomic E-state index is 0.00355. The molecule has 4 heteroatoms. The summed E-state index contributed by atoms with van der Waals surface area (Å²) in [6.07, 6.45) is 2.20. The van der Waals surface area contributed by atoms with E-state index in [1.807, 2.05) is 11.9 Å². The van der Waals surface area contributed by atoms with Gasteiger partial charge in [0.2, 0.25) is 5.91 Å². The van der Waals surface area contributed by atoms with Crippen molar-refractivity contribution in [2.24, 2.45) is 0 Å². The lowest BCUT2D eigenvalue weighted by molar-refractivity contribution is -0.117. The van der Waals surface area contributed by atoms with Gasteiger partial charge in [-0.1, -0.05) is 25.5 Å². The first-order valence-corrected chi connectivity index (χ1v) is 6.62. The van der Waals surface area contributed by atoms with Crippen molar-refractivity contribution < 1.29 is 9.59 Å². The van der Waals surface area contributed by atoms with Crippen LogP contribution in [0.1, 0.15) is 37.0 Å². The standard InChI is InChI=1S/C15H22N2O2/c1-4-5-9-17(3)11-15(19)16-14-8-6-7-13(10-14)12(2)18/h6-8,10H,4-5,9,11H2,1-3H3,(H,16,19). The number of carbonyl (C=O) groups is 2. The molecule has 0 fully saturated rings. The minimum Gasteiger partial charge on any atom is -0.325 e. The maximum Gasteiger partial charge on any atom is 0.238 e. The first kappa shape index (κ1) is 15.4. The molecule has 19 heavy (non-hydrogen) atoms. The highest BCUT2D eigenvalue weighted by Gasteiger charge is 2.07. The van der Waals surface area contributed by atoms with Crippen molar-refractivity contribution in [3.8, 4) is 0 Å². The molecule has 1 N–H and O–H groups in total. The largest absolute Gasteiger partial charge is 0.325 e. The average molecular weight is 262 g/mol. The predicted molar refractivity (Wildman–Crippen MR) is 77.5 cm³/mol. The van der Waals surface area contributed by atoms with Crippen molar-refractivity contribution in [3.05, 3.63) is 29.8 Å². The molecule has 0 atom stereocenters. The van der Waals surface area contributed by atoms with Gasteiger partial charge in [0.1, 0.15) is 0 Å². The van der Waals surface area contributed by atoms with Crippen LogP contribution in [0.15, 0.2) is 24.3 Å². The molecule has 0 radical (unpaired) electrons. The Bertz CT molecular complexity index is 444. The molecule has 0 aliphatic heterocycles. The normalized spacial score (nSPS) is 10.5. The van der Waals surface area contributed by atoms with Crippen molar-refractivity contribution >= 4 is 17.4 Å². The van der Waals surface area contributed by atoms with Gasteiger partial charge in [0.05, 0.1) is 6.54 Å². The first-order valence-electron chi connectivity index (χ1n) is 6.62. The highest BCUT2D eigenvalue weighted by molar-refractivity contribution is 5.97. The van der Waals surface area contributed by atoms with Crippen LogP contribution in [0.5, 0.6) is 0 Å². The fraction of sp³-hybridized carbons (Fsp3) is 0.467. The van der Waals surface area contributed by atoms with Crippen LogP contribution in [0.2, 0.25) is 0 Å². The van der Waals surface area contributed by atoms with Crippen LogP contribution >= 0.6 is 0 Å². The molecule has 0 spiro atoms. The molecular formula is C15H22N2O2. The van der Waals surface area contributed by atoms with Gasteiger partial charge in [-0.05, 0) is 39.1 Å².